The third-order valence-electron chi connectivity index (χ3n) is 3.63. The first-order valence-electron chi connectivity index (χ1n) is 5.97. The van der Waals surface area contributed by atoms with Crippen LogP contribution in [0.2, 0.25) is 9.88 Å². The maximum atomic E-state index is 2.52. The molecule has 1 aliphatic rings. The van der Waals surface area contributed by atoms with E-state index in [0.29, 0.717) is 0 Å². The van der Waals surface area contributed by atoms with Crippen molar-refractivity contribution in [1.29, 1.82) is 0 Å². The topological polar surface area (TPSA) is 0 Å². The molecule has 0 nitrogen and oxygen atoms in total. The summed E-state index contributed by atoms with van der Waals surface area (Å²) in [4.78, 5) is 9.56. The van der Waals surface area contributed by atoms with Gasteiger partial charge in [0.25, 0.3) is 0 Å². The first-order chi connectivity index (χ1) is 7.91. The van der Waals surface area contributed by atoms with Crippen molar-refractivity contribution in [2.75, 3.05) is 0 Å². The van der Waals surface area contributed by atoms with E-state index in [9.17, 15) is 0 Å². The van der Waals surface area contributed by atoms with Gasteiger partial charge in [0.2, 0.25) is 0 Å². The van der Waals surface area contributed by atoms with Gasteiger partial charge in [-0.2, -0.15) is 0 Å². The van der Waals surface area contributed by atoms with Gasteiger partial charge >= 0.3 is 119 Å². The van der Waals surface area contributed by atoms with Crippen molar-refractivity contribution < 1.29 is 0 Å². The fourth-order valence-electron chi connectivity index (χ4n) is 2.56. The van der Waals surface area contributed by atoms with Gasteiger partial charge in [-0.1, -0.05) is 0 Å². The molecule has 0 amide bonds. The molecule has 1 radical (unpaired) electrons. The number of fused-ring (bicyclic) bond motifs is 3. The Morgan fingerprint density at radius 1 is 1.00 bits per heavy atom. The van der Waals surface area contributed by atoms with Crippen LogP contribution in [0.25, 0.3) is 9.75 Å². The second-order valence-corrected chi connectivity index (χ2v) is 16.2. The minimum atomic E-state index is -1.20. The molecule has 3 rings (SSSR count). The summed E-state index contributed by atoms with van der Waals surface area (Å²) >= 11 is 2.87. The van der Waals surface area contributed by atoms with E-state index >= 15 is 0 Å². The second-order valence-electron chi connectivity index (χ2n) is 5.58. The first kappa shape index (κ1) is 12.2. The van der Waals surface area contributed by atoms with Gasteiger partial charge in [0.15, 0.2) is 0 Å². The van der Waals surface area contributed by atoms with E-state index in [-0.39, 0.29) is 5.41 Å². The van der Waals surface area contributed by atoms with Gasteiger partial charge in [0.05, 0.1) is 0 Å². The summed E-state index contributed by atoms with van der Waals surface area (Å²) in [5, 5.41) is 0. The van der Waals surface area contributed by atoms with Crippen LogP contribution in [0.4, 0.5) is 0 Å². The van der Waals surface area contributed by atoms with Crippen LogP contribution >= 0.6 is 22.7 Å². The van der Waals surface area contributed by atoms with Crippen molar-refractivity contribution >= 4 is 45.3 Å². The summed E-state index contributed by atoms with van der Waals surface area (Å²) in [5.74, 6) is 0. The summed E-state index contributed by atoms with van der Waals surface area (Å²) in [5.41, 5.74) is 3.40. The molecule has 3 heteroatoms. The SMILES string of the molecule is Cc1cc2c(s1)-c1s[c]([Sn]([CH3])[CH3])cc1C2(C)C. The van der Waals surface area contributed by atoms with Crippen LogP contribution < -0.4 is 2.89 Å². The van der Waals surface area contributed by atoms with Gasteiger partial charge in [-0.25, -0.2) is 0 Å². The normalized spacial score (nSPS) is 16.4. The van der Waals surface area contributed by atoms with E-state index in [0.717, 1.165) is 0 Å². The van der Waals surface area contributed by atoms with Crippen molar-refractivity contribution in [2.45, 2.75) is 36.1 Å². The quantitative estimate of drug-likeness (QED) is 0.656. The number of rotatable bonds is 1. The number of aryl methyl sites for hydroxylation is 1. The number of hydrogen-bond acceptors (Lipinski definition) is 2. The molecule has 2 aromatic heterocycles. The summed E-state index contributed by atoms with van der Waals surface area (Å²) in [6, 6.07) is 4.92. The van der Waals surface area contributed by atoms with E-state index in [1.807, 2.05) is 11.3 Å². The van der Waals surface area contributed by atoms with Crippen LogP contribution in [0.5, 0.6) is 0 Å². The number of hydrogen-bond donors (Lipinski definition) is 0. The summed E-state index contributed by atoms with van der Waals surface area (Å²) < 4.78 is 1.72. The zero-order chi connectivity index (χ0) is 12.4. The van der Waals surface area contributed by atoms with Crippen LogP contribution in [0.1, 0.15) is 29.9 Å². The zero-order valence-corrected chi connectivity index (χ0v) is 15.5. The van der Waals surface area contributed by atoms with Gasteiger partial charge < -0.3 is 0 Å². The molecule has 0 fully saturated rings. The standard InChI is InChI=1S/C12H11S2.2CH3.Sn/c1-7-6-9-11(14-7)10-8(4-5-13-10)12(9,2)3;;;/h4,6H,1-3H3;2*1H3;. The molecule has 0 aliphatic heterocycles. The molecule has 89 valence electrons. The van der Waals surface area contributed by atoms with Gasteiger partial charge in [-0.05, 0) is 0 Å². The molecular weight excluding hydrogens is 351 g/mol. The van der Waals surface area contributed by atoms with E-state index in [1.165, 1.54) is 4.88 Å². The predicted molar refractivity (Wildman–Crippen MR) is 81.6 cm³/mol. The third-order valence-corrected chi connectivity index (χ3v) is 12.6. The Bertz CT molecular complexity index is 587. The maximum absolute atomic E-state index is 2.52. The zero-order valence-electron chi connectivity index (χ0n) is 11.0. The van der Waals surface area contributed by atoms with Gasteiger partial charge in [-0.15, -0.1) is 0 Å². The monoisotopic (exact) mass is 369 g/mol. The molecule has 1 aliphatic carbocycles. The van der Waals surface area contributed by atoms with E-state index in [2.05, 4.69) is 54.1 Å². The number of thiophene rings is 2. The molecule has 2 heterocycles. The van der Waals surface area contributed by atoms with Crippen LogP contribution in [-0.4, -0.2) is 19.8 Å². The first-order valence-corrected chi connectivity index (χ1v) is 14.7. The Morgan fingerprint density at radius 2 is 1.59 bits per heavy atom. The molecule has 0 saturated heterocycles. The molecule has 0 spiro atoms. The van der Waals surface area contributed by atoms with Crippen molar-refractivity contribution in [3.05, 3.63) is 28.1 Å². The van der Waals surface area contributed by atoms with Crippen LogP contribution in [0, 0.1) is 6.92 Å². The molecular formula is C14H17S2Sn. The average molecular weight is 368 g/mol. The molecule has 0 N–H and O–H groups in total. The molecule has 0 atom stereocenters. The second kappa shape index (κ2) is 3.84. The Hall–Kier alpha value is 0.199. The van der Waals surface area contributed by atoms with Crippen molar-refractivity contribution in [3.8, 4) is 9.75 Å². The molecule has 0 bridgehead atoms. The fourth-order valence-corrected chi connectivity index (χ4v) is 9.02. The molecule has 0 aromatic carbocycles. The van der Waals surface area contributed by atoms with Crippen molar-refractivity contribution in [2.24, 2.45) is 0 Å². The Kier molecular flexibility index (Phi) is 2.77. The van der Waals surface area contributed by atoms with E-state index in [4.69, 9.17) is 0 Å². The molecule has 17 heavy (non-hydrogen) atoms. The Balaban J connectivity index is 2.27. The van der Waals surface area contributed by atoms with Crippen LogP contribution in [-0.2, 0) is 5.41 Å². The Morgan fingerprint density at radius 3 is 2.24 bits per heavy atom. The molecule has 0 saturated carbocycles. The summed E-state index contributed by atoms with van der Waals surface area (Å²) in [6.45, 7) is 7.00. The fraction of sp³-hybridized carbons (Fsp3) is 0.429. The predicted octanol–water partition coefficient (Wildman–Crippen LogP) is 4.39. The van der Waals surface area contributed by atoms with Gasteiger partial charge in [0.1, 0.15) is 0 Å². The van der Waals surface area contributed by atoms with E-state index in [1.54, 1.807) is 23.8 Å². The summed E-state index contributed by atoms with van der Waals surface area (Å²) in [7, 11) is 0. The third kappa shape index (κ3) is 1.67. The van der Waals surface area contributed by atoms with E-state index < -0.39 is 19.8 Å². The van der Waals surface area contributed by atoms with Gasteiger partial charge in [-0.3, -0.25) is 0 Å². The summed E-state index contributed by atoms with van der Waals surface area (Å²) in [6.07, 6.45) is 0. The van der Waals surface area contributed by atoms with Crippen molar-refractivity contribution in [3.63, 3.8) is 0 Å². The minimum absolute atomic E-state index is 0.239. The molecule has 2 aromatic rings. The van der Waals surface area contributed by atoms with Crippen LogP contribution in [0.15, 0.2) is 12.1 Å². The van der Waals surface area contributed by atoms with Gasteiger partial charge in [0, 0.05) is 0 Å². The van der Waals surface area contributed by atoms with Crippen molar-refractivity contribution in [1.82, 2.24) is 0 Å². The molecule has 0 unspecified atom stereocenters. The van der Waals surface area contributed by atoms with Crippen LogP contribution in [0.3, 0.4) is 0 Å². The Labute approximate surface area is 118 Å². The average Bonchev–Trinajstić information content (AvgIpc) is 2.83.